The molecule has 6 heteroatoms. The van der Waals surface area contributed by atoms with Gasteiger partial charge >= 0.3 is 5.97 Å². The Labute approximate surface area is 137 Å². The van der Waals surface area contributed by atoms with E-state index in [2.05, 4.69) is 5.16 Å². The van der Waals surface area contributed by atoms with Crippen LogP contribution in [0.4, 0.5) is 0 Å². The number of rotatable bonds is 8. The third-order valence-electron chi connectivity index (χ3n) is 3.41. The first-order valence-electron chi connectivity index (χ1n) is 7.81. The van der Waals surface area contributed by atoms with Gasteiger partial charge in [0.1, 0.15) is 0 Å². The number of nitrogens with zero attached hydrogens (tertiary/aromatic N) is 2. The predicted octanol–water partition coefficient (Wildman–Crippen LogP) is 1.97. The first-order valence-corrected chi connectivity index (χ1v) is 7.81. The molecule has 0 heterocycles. The Morgan fingerprint density at radius 2 is 2.09 bits per heavy atom. The number of oxime groups is 1. The van der Waals surface area contributed by atoms with Crippen molar-refractivity contribution in [3.05, 3.63) is 34.9 Å². The zero-order valence-electron chi connectivity index (χ0n) is 14.4. The van der Waals surface area contributed by atoms with E-state index in [1.54, 1.807) is 0 Å². The molecule has 128 valence electrons. The summed E-state index contributed by atoms with van der Waals surface area (Å²) in [7, 11) is 1.88. The number of amidine groups is 1. The number of carbonyl (C=O) groups is 1. The van der Waals surface area contributed by atoms with Crippen LogP contribution in [-0.2, 0) is 22.5 Å². The minimum Gasteiger partial charge on any atom is -0.464 e. The first kappa shape index (κ1) is 19.0. The average Bonchev–Trinajstić information content (AvgIpc) is 2.52. The minimum absolute atomic E-state index is 0.0943. The Bertz CT molecular complexity index is 556. The van der Waals surface area contributed by atoms with E-state index in [1.807, 2.05) is 50.9 Å². The molecule has 3 N–H and O–H groups in total. The number of benzene rings is 1. The Morgan fingerprint density at radius 3 is 2.65 bits per heavy atom. The molecule has 0 aliphatic carbocycles. The van der Waals surface area contributed by atoms with E-state index >= 15 is 0 Å². The van der Waals surface area contributed by atoms with Gasteiger partial charge in [0.15, 0.2) is 5.84 Å². The zero-order chi connectivity index (χ0) is 17.4. The fourth-order valence-electron chi connectivity index (χ4n) is 2.20. The molecule has 1 aromatic rings. The van der Waals surface area contributed by atoms with Gasteiger partial charge in [-0.1, -0.05) is 38.1 Å². The van der Waals surface area contributed by atoms with Gasteiger partial charge in [0.05, 0.1) is 13.2 Å². The lowest BCUT2D eigenvalue weighted by Crippen LogP contribution is -2.28. The van der Waals surface area contributed by atoms with Crippen LogP contribution in [0.3, 0.4) is 0 Å². The first-order chi connectivity index (χ1) is 10.9. The van der Waals surface area contributed by atoms with Crippen molar-refractivity contribution in [3.63, 3.8) is 0 Å². The fraction of sp³-hybridized carbons (Fsp3) is 0.529. The Morgan fingerprint density at radius 1 is 1.39 bits per heavy atom. The van der Waals surface area contributed by atoms with Crippen LogP contribution < -0.4 is 5.73 Å². The van der Waals surface area contributed by atoms with E-state index in [4.69, 9.17) is 15.7 Å². The predicted molar refractivity (Wildman–Crippen MR) is 90.5 cm³/mol. The molecule has 0 unspecified atom stereocenters. The van der Waals surface area contributed by atoms with Crippen LogP contribution in [0, 0.1) is 5.92 Å². The number of aryl methyl sites for hydroxylation is 1. The summed E-state index contributed by atoms with van der Waals surface area (Å²) in [4.78, 5) is 13.7. The molecule has 0 bridgehead atoms. The Kier molecular flexibility index (Phi) is 7.54. The molecule has 0 atom stereocenters. The Hall–Kier alpha value is -2.08. The van der Waals surface area contributed by atoms with Crippen LogP contribution in [0.15, 0.2) is 23.4 Å². The number of hydrogen-bond acceptors (Lipinski definition) is 5. The SMILES string of the molecule is CCc1cc(/C(N)=N/O)ccc1CN(C)CC(=O)OCC(C)C. The van der Waals surface area contributed by atoms with Crippen LogP contribution in [0.5, 0.6) is 0 Å². The van der Waals surface area contributed by atoms with Crippen LogP contribution >= 0.6 is 0 Å². The van der Waals surface area contributed by atoms with Crippen LogP contribution in [0.25, 0.3) is 0 Å². The maximum atomic E-state index is 11.8. The maximum absolute atomic E-state index is 11.8. The third kappa shape index (κ3) is 6.28. The van der Waals surface area contributed by atoms with Gasteiger partial charge < -0.3 is 15.7 Å². The van der Waals surface area contributed by atoms with E-state index in [0.717, 1.165) is 17.5 Å². The molecule has 23 heavy (non-hydrogen) atoms. The lowest BCUT2D eigenvalue weighted by molar-refractivity contribution is -0.145. The molecule has 0 amide bonds. The van der Waals surface area contributed by atoms with Gasteiger partial charge in [-0.25, -0.2) is 0 Å². The van der Waals surface area contributed by atoms with Gasteiger partial charge in [-0.05, 0) is 36.6 Å². The fourth-order valence-corrected chi connectivity index (χ4v) is 2.20. The van der Waals surface area contributed by atoms with E-state index in [9.17, 15) is 4.79 Å². The van der Waals surface area contributed by atoms with Crippen molar-refractivity contribution in [2.45, 2.75) is 33.7 Å². The van der Waals surface area contributed by atoms with Crippen LogP contribution in [0.2, 0.25) is 0 Å². The molecular formula is C17H27N3O3. The molecular weight excluding hydrogens is 294 g/mol. The van der Waals surface area contributed by atoms with E-state index in [1.165, 1.54) is 0 Å². The molecule has 0 aliphatic heterocycles. The lowest BCUT2D eigenvalue weighted by atomic mass is 10.0. The number of likely N-dealkylation sites (N-methyl/N-ethyl adjacent to an activating group) is 1. The van der Waals surface area contributed by atoms with E-state index < -0.39 is 0 Å². The quantitative estimate of drug-likeness (QED) is 0.251. The number of ether oxygens (including phenoxy) is 1. The van der Waals surface area contributed by atoms with Crippen LogP contribution in [-0.4, -0.2) is 42.1 Å². The average molecular weight is 321 g/mol. The second-order valence-electron chi connectivity index (χ2n) is 6.07. The summed E-state index contributed by atoms with van der Waals surface area (Å²) >= 11 is 0. The highest BCUT2D eigenvalue weighted by Gasteiger charge is 2.12. The van der Waals surface area contributed by atoms with Crippen molar-refractivity contribution >= 4 is 11.8 Å². The van der Waals surface area contributed by atoms with Gasteiger partial charge in [-0.3, -0.25) is 9.69 Å². The lowest BCUT2D eigenvalue weighted by Gasteiger charge is -2.19. The van der Waals surface area contributed by atoms with Crippen molar-refractivity contribution in [1.29, 1.82) is 0 Å². The molecule has 1 rings (SSSR count). The van der Waals surface area contributed by atoms with Crippen molar-refractivity contribution < 1.29 is 14.7 Å². The van der Waals surface area contributed by atoms with Gasteiger partial charge in [-0.2, -0.15) is 0 Å². The van der Waals surface area contributed by atoms with E-state index in [-0.39, 0.29) is 18.3 Å². The third-order valence-corrected chi connectivity index (χ3v) is 3.41. The summed E-state index contributed by atoms with van der Waals surface area (Å²) in [5.41, 5.74) is 8.53. The molecule has 0 fully saturated rings. The molecule has 1 aromatic carbocycles. The van der Waals surface area contributed by atoms with Crippen molar-refractivity contribution in [3.8, 4) is 0 Å². The van der Waals surface area contributed by atoms with Gasteiger partial charge in [0.25, 0.3) is 0 Å². The van der Waals surface area contributed by atoms with Crippen LogP contribution in [0.1, 0.15) is 37.5 Å². The molecule has 6 nitrogen and oxygen atoms in total. The second kappa shape index (κ2) is 9.15. The molecule has 0 spiro atoms. The summed E-state index contributed by atoms with van der Waals surface area (Å²) in [6.07, 6.45) is 0.827. The number of nitrogens with two attached hydrogens (primary N) is 1. The summed E-state index contributed by atoms with van der Waals surface area (Å²) in [5.74, 6) is 0.214. The summed E-state index contributed by atoms with van der Waals surface area (Å²) in [6, 6.07) is 5.67. The summed E-state index contributed by atoms with van der Waals surface area (Å²) < 4.78 is 5.19. The molecule has 0 aromatic heterocycles. The van der Waals surface area contributed by atoms with Crippen molar-refractivity contribution in [1.82, 2.24) is 4.90 Å². The monoisotopic (exact) mass is 321 g/mol. The van der Waals surface area contributed by atoms with Crippen molar-refractivity contribution in [2.24, 2.45) is 16.8 Å². The van der Waals surface area contributed by atoms with Gasteiger partial charge in [0.2, 0.25) is 0 Å². The van der Waals surface area contributed by atoms with Crippen molar-refractivity contribution in [2.75, 3.05) is 20.2 Å². The highest BCUT2D eigenvalue weighted by molar-refractivity contribution is 5.97. The second-order valence-corrected chi connectivity index (χ2v) is 6.07. The molecule has 0 radical (unpaired) electrons. The zero-order valence-corrected chi connectivity index (χ0v) is 14.4. The standard InChI is InChI=1S/C17H27N3O3/c1-5-13-8-14(17(18)19-22)6-7-15(13)9-20(4)10-16(21)23-11-12(2)3/h6-8,12,22H,5,9-11H2,1-4H3,(H2,18,19). The number of esters is 1. The van der Waals surface area contributed by atoms with Gasteiger partial charge in [0, 0.05) is 12.1 Å². The smallest absolute Gasteiger partial charge is 0.320 e. The molecule has 0 saturated heterocycles. The maximum Gasteiger partial charge on any atom is 0.320 e. The normalized spacial score (nSPS) is 12.0. The Balaban J connectivity index is 2.70. The highest BCUT2D eigenvalue weighted by atomic mass is 16.5. The largest absolute Gasteiger partial charge is 0.464 e. The highest BCUT2D eigenvalue weighted by Crippen LogP contribution is 2.15. The minimum atomic E-state index is -0.215. The number of carbonyl (C=O) groups excluding carboxylic acids is 1. The number of hydrogen-bond donors (Lipinski definition) is 2. The summed E-state index contributed by atoms with van der Waals surface area (Å²) in [5, 5.41) is 11.8. The molecule has 0 saturated carbocycles. The topological polar surface area (TPSA) is 88.2 Å². The summed E-state index contributed by atoms with van der Waals surface area (Å²) in [6.45, 7) is 7.39. The van der Waals surface area contributed by atoms with Gasteiger partial charge in [-0.15, -0.1) is 0 Å². The molecule has 0 aliphatic rings. The van der Waals surface area contributed by atoms with E-state index in [0.29, 0.717) is 24.6 Å².